The summed E-state index contributed by atoms with van der Waals surface area (Å²) in [5, 5.41) is 7.04. The third-order valence-electron chi connectivity index (χ3n) is 3.92. The first kappa shape index (κ1) is 20.2. The van der Waals surface area contributed by atoms with E-state index in [0.717, 1.165) is 17.3 Å². The fourth-order valence-electron chi connectivity index (χ4n) is 2.61. The van der Waals surface area contributed by atoms with Crippen molar-refractivity contribution >= 4 is 50.0 Å². The van der Waals surface area contributed by atoms with Gasteiger partial charge in [0.25, 0.3) is 0 Å². The molecule has 2 aromatic carbocycles. The molecule has 3 aromatic rings. The number of nitrogens with one attached hydrogen (secondary N) is 2. The number of hydrogen-bond donors (Lipinski definition) is 2. The molecule has 0 bridgehead atoms. The van der Waals surface area contributed by atoms with Crippen molar-refractivity contribution in [1.82, 2.24) is 5.32 Å². The fraction of sp³-hybridized carbons (Fsp3) is 0.200. The summed E-state index contributed by atoms with van der Waals surface area (Å²) >= 11 is 9.72. The molecule has 0 aliphatic heterocycles. The molecule has 0 unspecified atom stereocenters. The van der Waals surface area contributed by atoms with Crippen LogP contribution in [0.2, 0.25) is 5.02 Å². The van der Waals surface area contributed by atoms with Crippen LogP contribution in [0.1, 0.15) is 12.0 Å². The number of urea groups is 1. The number of carbonyl (C=O) groups excluding carboxylic acids is 1. The quantitative estimate of drug-likeness (QED) is 0.383. The monoisotopic (exact) mass is 464 g/mol. The van der Waals surface area contributed by atoms with Crippen LogP contribution in [-0.4, -0.2) is 18.0 Å². The van der Waals surface area contributed by atoms with E-state index in [0.29, 0.717) is 24.2 Å². The van der Waals surface area contributed by atoms with Gasteiger partial charge in [0.2, 0.25) is 0 Å². The van der Waals surface area contributed by atoms with E-state index in [1.54, 1.807) is 18.2 Å². The van der Waals surface area contributed by atoms with Crippen molar-refractivity contribution in [2.24, 2.45) is 0 Å². The average molecular weight is 466 g/mol. The molecule has 0 spiro atoms. The Morgan fingerprint density at radius 1 is 1.14 bits per heavy atom. The van der Waals surface area contributed by atoms with Crippen molar-refractivity contribution in [3.8, 4) is 5.95 Å². The van der Waals surface area contributed by atoms with Gasteiger partial charge in [-0.05, 0) is 24.1 Å². The largest absolute Gasteiger partial charge is 0.464 e. The lowest BCUT2D eigenvalue weighted by Gasteiger charge is -2.12. The van der Waals surface area contributed by atoms with Gasteiger partial charge in [-0.1, -0.05) is 63.9 Å². The maximum atomic E-state index is 12.3. The highest BCUT2D eigenvalue weighted by Crippen LogP contribution is 2.35. The first-order valence-electron chi connectivity index (χ1n) is 8.63. The molecule has 28 heavy (non-hydrogen) atoms. The minimum Gasteiger partial charge on any atom is -0.464 e. The first-order chi connectivity index (χ1) is 13.6. The Bertz CT molecular complexity index is 1020. The predicted octanol–water partition coefficient (Wildman–Crippen LogP) is 4.93. The molecule has 0 saturated heterocycles. The standard InChI is InChI=1S/C20H18BrClN2O4/c21-10-5-11-27-19-17(22)16-14(18(25)28-19)8-4-9-15(16)24-20(26)23-12-13-6-2-1-3-7-13/h1-4,6-9H,5,10-12H2,(H2,23,24,26). The Labute approximate surface area is 175 Å². The molecule has 1 heterocycles. The smallest absolute Gasteiger partial charge is 0.346 e. The molecule has 2 N–H and O–H groups in total. The number of hydrogen-bond acceptors (Lipinski definition) is 4. The van der Waals surface area contributed by atoms with Crippen LogP contribution in [0.3, 0.4) is 0 Å². The zero-order valence-corrected chi connectivity index (χ0v) is 17.2. The summed E-state index contributed by atoms with van der Waals surface area (Å²) < 4.78 is 10.7. The predicted molar refractivity (Wildman–Crippen MR) is 114 cm³/mol. The lowest BCUT2D eigenvalue weighted by atomic mass is 10.1. The summed E-state index contributed by atoms with van der Waals surface area (Å²) in [4.78, 5) is 24.6. The third kappa shape index (κ3) is 4.85. The second-order valence-electron chi connectivity index (χ2n) is 5.90. The van der Waals surface area contributed by atoms with Crippen LogP contribution in [0.4, 0.5) is 10.5 Å². The molecule has 0 fully saturated rings. The van der Waals surface area contributed by atoms with Gasteiger partial charge in [-0.15, -0.1) is 0 Å². The summed E-state index contributed by atoms with van der Waals surface area (Å²) in [6, 6.07) is 14.0. The van der Waals surface area contributed by atoms with Crippen LogP contribution in [0.15, 0.2) is 57.7 Å². The Hall–Kier alpha value is -2.51. The lowest BCUT2D eigenvalue weighted by Crippen LogP contribution is -2.28. The average Bonchev–Trinajstić information content (AvgIpc) is 2.71. The van der Waals surface area contributed by atoms with E-state index in [2.05, 4.69) is 26.6 Å². The highest BCUT2D eigenvalue weighted by atomic mass is 79.9. The van der Waals surface area contributed by atoms with Crippen LogP contribution in [0, 0.1) is 0 Å². The van der Waals surface area contributed by atoms with Crippen molar-refractivity contribution in [3.05, 3.63) is 69.5 Å². The molecule has 3 rings (SSSR count). The van der Waals surface area contributed by atoms with Gasteiger partial charge in [-0.25, -0.2) is 9.59 Å². The fourth-order valence-corrected chi connectivity index (χ4v) is 3.13. The number of ether oxygens (including phenoxy) is 1. The van der Waals surface area contributed by atoms with E-state index in [1.807, 2.05) is 30.3 Å². The molecule has 0 saturated carbocycles. The van der Waals surface area contributed by atoms with Crippen molar-refractivity contribution < 1.29 is 13.9 Å². The Kier molecular flexibility index (Phi) is 6.95. The molecule has 2 amide bonds. The SMILES string of the molecule is O=C(NCc1ccccc1)Nc1cccc2c(=O)oc(OCCCBr)c(Cl)c12. The molecule has 6 nitrogen and oxygen atoms in total. The number of benzene rings is 2. The minimum atomic E-state index is -0.582. The third-order valence-corrected chi connectivity index (χ3v) is 4.83. The van der Waals surface area contributed by atoms with Gasteiger partial charge < -0.3 is 19.8 Å². The first-order valence-corrected chi connectivity index (χ1v) is 10.1. The molecule has 1 aromatic heterocycles. The molecule has 0 atom stereocenters. The molecule has 8 heteroatoms. The maximum Gasteiger partial charge on any atom is 0.346 e. The number of halogens is 2. The Balaban J connectivity index is 1.84. The topological polar surface area (TPSA) is 80.6 Å². The summed E-state index contributed by atoms with van der Waals surface area (Å²) in [6.07, 6.45) is 0.722. The van der Waals surface area contributed by atoms with Crippen LogP contribution in [-0.2, 0) is 6.54 Å². The summed E-state index contributed by atoms with van der Waals surface area (Å²) in [5.74, 6) is -0.0564. The highest BCUT2D eigenvalue weighted by Gasteiger charge is 2.17. The van der Waals surface area contributed by atoms with E-state index in [1.165, 1.54) is 0 Å². The molecule has 146 valence electrons. The van der Waals surface area contributed by atoms with E-state index in [9.17, 15) is 9.59 Å². The number of rotatable bonds is 7. The Morgan fingerprint density at radius 3 is 2.68 bits per heavy atom. The molecule has 0 aliphatic carbocycles. The number of fused-ring (bicyclic) bond motifs is 1. The lowest BCUT2D eigenvalue weighted by molar-refractivity contribution is 0.234. The maximum absolute atomic E-state index is 12.3. The normalized spacial score (nSPS) is 10.6. The van der Waals surface area contributed by atoms with Gasteiger partial charge in [0, 0.05) is 17.3 Å². The molecule has 0 aliphatic rings. The van der Waals surface area contributed by atoms with Crippen LogP contribution in [0.5, 0.6) is 5.95 Å². The zero-order chi connectivity index (χ0) is 19.9. The number of carbonyl (C=O) groups is 1. The second kappa shape index (κ2) is 9.61. The van der Waals surface area contributed by atoms with Crippen LogP contribution in [0.25, 0.3) is 10.8 Å². The van der Waals surface area contributed by atoms with Gasteiger partial charge in [-0.2, -0.15) is 0 Å². The summed E-state index contributed by atoms with van der Waals surface area (Å²) in [6.45, 7) is 0.709. The number of amides is 2. The molecular weight excluding hydrogens is 448 g/mol. The summed E-state index contributed by atoms with van der Waals surface area (Å²) in [5.41, 5.74) is 0.782. The van der Waals surface area contributed by atoms with E-state index in [4.69, 9.17) is 20.8 Å². The summed E-state index contributed by atoms with van der Waals surface area (Å²) in [7, 11) is 0. The van der Waals surface area contributed by atoms with Gasteiger partial charge in [0.1, 0.15) is 5.02 Å². The number of anilines is 1. The van der Waals surface area contributed by atoms with Gasteiger partial charge >= 0.3 is 17.6 Å². The van der Waals surface area contributed by atoms with Crippen LogP contribution >= 0.6 is 27.5 Å². The zero-order valence-electron chi connectivity index (χ0n) is 14.8. The van der Waals surface area contributed by atoms with E-state index >= 15 is 0 Å². The van der Waals surface area contributed by atoms with Gasteiger partial charge in [0.05, 0.1) is 17.7 Å². The van der Waals surface area contributed by atoms with E-state index < -0.39 is 11.7 Å². The Morgan fingerprint density at radius 2 is 1.93 bits per heavy atom. The second-order valence-corrected chi connectivity index (χ2v) is 7.07. The van der Waals surface area contributed by atoms with E-state index in [-0.39, 0.29) is 16.4 Å². The molecule has 0 radical (unpaired) electrons. The van der Waals surface area contributed by atoms with Crippen molar-refractivity contribution in [1.29, 1.82) is 0 Å². The van der Waals surface area contributed by atoms with Crippen molar-refractivity contribution in [2.75, 3.05) is 17.3 Å². The molecular formula is C20H18BrClN2O4. The minimum absolute atomic E-state index is 0.0564. The van der Waals surface area contributed by atoms with Gasteiger partial charge in [-0.3, -0.25) is 0 Å². The van der Waals surface area contributed by atoms with Crippen LogP contribution < -0.4 is 21.0 Å². The highest BCUT2D eigenvalue weighted by molar-refractivity contribution is 9.09. The number of alkyl halides is 1. The van der Waals surface area contributed by atoms with Crippen molar-refractivity contribution in [2.45, 2.75) is 13.0 Å². The van der Waals surface area contributed by atoms with Gasteiger partial charge in [0.15, 0.2) is 0 Å². The van der Waals surface area contributed by atoms with Crippen molar-refractivity contribution in [3.63, 3.8) is 0 Å².